The third kappa shape index (κ3) is 3.61. The molecule has 14 heavy (non-hydrogen) atoms. The summed E-state index contributed by atoms with van der Waals surface area (Å²) >= 11 is 2.20. The van der Waals surface area contributed by atoms with Gasteiger partial charge >= 0.3 is 5.97 Å². The second-order valence-corrected chi connectivity index (χ2v) is 4.47. The number of ether oxygens (including phenoxy) is 1. The zero-order valence-corrected chi connectivity index (χ0v) is 10.3. The maximum absolute atomic E-state index is 11.1. The molecule has 0 aliphatic rings. The van der Waals surface area contributed by atoms with Gasteiger partial charge in [-0.25, -0.2) is 0 Å². The number of halogens is 1. The number of carbonyl (C=O) groups excluding carboxylic acids is 1. The molecule has 0 saturated heterocycles. The number of aromatic nitrogens is 1. The van der Waals surface area contributed by atoms with Gasteiger partial charge in [-0.3, -0.25) is 9.78 Å². The summed E-state index contributed by atoms with van der Waals surface area (Å²) in [7, 11) is 0. The van der Waals surface area contributed by atoms with Crippen LogP contribution in [0.1, 0.15) is 19.5 Å². The lowest BCUT2D eigenvalue weighted by atomic mass is 10.2. The van der Waals surface area contributed by atoms with Crippen molar-refractivity contribution in [2.24, 2.45) is 5.92 Å². The quantitative estimate of drug-likeness (QED) is 0.636. The molecule has 0 aliphatic carbocycles. The van der Waals surface area contributed by atoms with Gasteiger partial charge < -0.3 is 4.74 Å². The molecule has 0 radical (unpaired) electrons. The van der Waals surface area contributed by atoms with E-state index < -0.39 is 0 Å². The van der Waals surface area contributed by atoms with Crippen LogP contribution in [0.4, 0.5) is 0 Å². The normalized spacial score (nSPS) is 10.3. The first-order valence-electron chi connectivity index (χ1n) is 4.36. The molecule has 1 heterocycles. The largest absolute Gasteiger partial charge is 0.459 e. The van der Waals surface area contributed by atoms with E-state index in [2.05, 4.69) is 27.6 Å². The van der Waals surface area contributed by atoms with Crippen molar-refractivity contribution in [3.8, 4) is 0 Å². The Balaban J connectivity index is 2.50. The first kappa shape index (κ1) is 11.4. The van der Waals surface area contributed by atoms with E-state index in [0.717, 1.165) is 9.26 Å². The smallest absolute Gasteiger partial charge is 0.308 e. The number of pyridine rings is 1. The monoisotopic (exact) mass is 305 g/mol. The van der Waals surface area contributed by atoms with Crippen LogP contribution in [0.2, 0.25) is 0 Å². The molecule has 1 rings (SSSR count). The molecule has 0 N–H and O–H groups in total. The molecule has 76 valence electrons. The predicted molar refractivity (Wildman–Crippen MR) is 61.6 cm³/mol. The van der Waals surface area contributed by atoms with Crippen LogP contribution in [-0.4, -0.2) is 11.0 Å². The molecule has 0 bridgehead atoms. The molecular formula is C10H12INO2. The maximum Gasteiger partial charge on any atom is 0.308 e. The summed E-state index contributed by atoms with van der Waals surface area (Å²) in [5.41, 5.74) is 0.783. The van der Waals surface area contributed by atoms with Crippen molar-refractivity contribution < 1.29 is 9.53 Å². The molecule has 0 atom stereocenters. The molecule has 0 fully saturated rings. The minimum absolute atomic E-state index is 0.0854. The Hall–Kier alpha value is -0.650. The third-order valence-corrected chi connectivity index (χ3v) is 2.28. The Morgan fingerprint density at radius 3 is 2.93 bits per heavy atom. The molecule has 3 nitrogen and oxygen atoms in total. The van der Waals surface area contributed by atoms with Gasteiger partial charge in [0.25, 0.3) is 0 Å². The van der Waals surface area contributed by atoms with E-state index in [4.69, 9.17) is 4.74 Å². The van der Waals surface area contributed by atoms with E-state index in [1.807, 2.05) is 26.0 Å². The first-order chi connectivity index (χ1) is 6.59. The maximum atomic E-state index is 11.1. The number of rotatable bonds is 3. The molecule has 1 aromatic rings. The summed E-state index contributed by atoms with van der Waals surface area (Å²) in [6.45, 7) is 3.88. The molecular weight excluding hydrogens is 293 g/mol. The van der Waals surface area contributed by atoms with Gasteiger partial charge in [-0.1, -0.05) is 13.8 Å². The zero-order chi connectivity index (χ0) is 10.6. The van der Waals surface area contributed by atoms with Crippen molar-refractivity contribution >= 4 is 28.6 Å². The highest BCUT2D eigenvalue weighted by Crippen LogP contribution is 2.07. The molecule has 0 aromatic carbocycles. The fraction of sp³-hybridized carbons (Fsp3) is 0.400. The van der Waals surface area contributed by atoms with Crippen LogP contribution in [0.5, 0.6) is 0 Å². The minimum atomic E-state index is -0.189. The third-order valence-electron chi connectivity index (χ3n) is 1.61. The van der Waals surface area contributed by atoms with Crippen LogP contribution in [-0.2, 0) is 16.1 Å². The first-order valence-corrected chi connectivity index (χ1v) is 5.44. The Labute approximate surface area is 97.0 Å². The Kier molecular flexibility index (Phi) is 4.31. The lowest BCUT2D eigenvalue weighted by Crippen LogP contribution is -2.11. The lowest BCUT2D eigenvalue weighted by molar-refractivity contribution is -0.148. The van der Waals surface area contributed by atoms with Crippen LogP contribution in [0.3, 0.4) is 0 Å². The van der Waals surface area contributed by atoms with Crippen molar-refractivity contribution in [2.75, 3.05) is 0 Å². The van der Waals surface area contributed by atoms with Gasteiger partial charge in [0.05, 0.1) is 11.6 Å². The minimum Gasteiger partial charge on any atom is -0.459 e. The second-order valence-electron chi connectivity index (χ2n) is 3.23. The van der Waals surface area contributed by atoms with Crippen LogP contribution in [0, 0.1) is 9.49 Å². The van der Waals surface area contributed by atoms with Crippen LogP contribution in [0.15, 0.2) is 18.3 Å². The molecule has 0 amide bonds. The Bertz CT molecular complexity index is 326. The van der Waals surface area contributed by atoms with Crippen LogP contribution in [0.25, 0.3) is 0 Å². The van der Waals surface area contributed by atoms with Gasteiger partial charge in [-0.15, -0.1) is 0 Å². The standard InChI is InChI=1S/C10H12INO2/c1-7(2)10(13)14-6-9-5-8(11)3-4-12-9/h3-5,7H,6H2,1-2H3. The number of nitrogens with zero attached hydrogens (tertiary/aromatic N) is 1. The van der Waals surface area contributed by atoms with Gasteiger partial charge in [0, 0.05) is 9.77 Å². The van der Waals surface area contributed by atoms with E-state index in [9.17, 15) is 4.79 Å². The van der Waals surface area contributed by atoms with Gasteiger partial charge in [-0.05, 0) is 34.7 Å². The van der Waals surface area contributed by atoms with E-state index >= 15 is 0 Å². The highest BCUT2D eigenvalue weighted by Gasteiger charge is 2.08. The van der Waals surface area contributed by atoms with Crippen LogP contribution >= 0.6 is 22.6 Å². The molecule has 1 aromatic heterocycles. The van der Waals surface area contributed by atoms with Gasteiger partial charge in [0.1, 0.15) is 6.61 Å². The fourth-order valence-electron chi connectivity index (χ4n) is 0.839. The number of hydrogen-bond acceptors (Lipinski definition) is 3. The molecule has 0 saturated carbocycles. The predicted octanol–water partition coefficient (Wildman–Crippen LogP) is 2.39. The molecule has 0 unspecified atom stereocenters. The van der Waals surface area contributed by atoms with Crippen LogP contribution < -0.4 is 0 Å². The molecule has 4 heteroatoms. The van der Waals surface area contributed by atoms with E-state index in [1.165, 1.54) is 0 Å². The SMILES string of the molecule is CC(C)C(=O)OCc1cc(I)ccn1. The Morgan fingerprint density at radius 1 is 1.64 bits per heavy atom. The fourth-order valence-corrected chi connectivity index (χ4v) is 1.36. The van der Waals surface area contributed by atoms with Crippen molar-refractivity contribution in [2.45, 2.75) is 20.5 Å². The summed E-state index contributed by atoms with van der Waals surface area (Å²) in [6.07, 6.45) is 1.71. The average Bonchev–Trinajstić information content (AvgIpc) is 2.14. The highest BCUT2D eigenvalue weighted by molar-refractivity contribution is 14.1. The summed E-state index contributed by atoms with van der Waals surface area (Å²) in [4.78, 5) is 15.2. The van der Waals surface area contributed by atoms with Crippen molar-refractivity contribution in [1.82, 2.24) is 4.98 Å². The van der Waals surface area contributed by atoms with E-state index in [0.29, 0.717) is 0 Å². The van der Waals surface area contributed by atoms with E-state index in [-0.39, 0.29) is 18.5 Å². The topological polar surface area (TPSA) is 39.2 Å². The van der Waals surface area contributed by atoms with Crippen molar-refractivity contribution in [3.05, 3.63) is 27.6 Å². The van der Waals surface area contributed by atoms with Gasteiger partial charge in [0.2, 0.25) is 0 Å². The van der Waals surface area contributed by atoms with E-state index in [1.54, 1.807) is 6.20 Å². The summed E-state index contributed by atoms with van der Waals surface area (Å²) < 4.78 is 6.13. The number of carbonyl (C=O) groups is 1. The second kappa shape index (κ2) is 5.29. The summed E-state index contributed by atoms with van der Waals surface area (Å²) in [5.74, 6) is -0.275. The summed E-state index contributed by atoms with van der Waals surface area (Å²) in [5, 5.41) is 0. The molecule has 0 spiro atoms. The average molecular weight is 305 g/mol. The summed E-state index contributed by atoms with van der Waals surface area (Å²) in [6, 6.07) is 3.79. The number of esters is 1. The zero-order valence-electron chi connectivity index (χ0n) is 8.16. The highest BCUT2D eigenvalue weighted by atomic mass is 127. The van der Waals surface area contributed by atoms with Crippen molar-refractivity contribution in [1.29, 1.82) is 0 Å². The van der Waals surface area contributed by atoms with Crippen molar-refractivity contribution in [3.63, 3.8) is 0 Å². The number of hydrogen-bond donors (Lipinski definition) is 0. The Morgan fingerprint density at radius 2 is 2.36 bits per heavy atom. The lowest BCUT2D eigenvalue weighted by Gasteiger charge is -2.06. The van der Waals surface area contributed by atoms with Gasteiger partial charge in [0.15, 0.2) is 0 Å². The molecule has 0 aliphatic heterocycles. The van der Waals surface area contributed by atoms with Gasteiger partial charge in [-0.2, -0.15) is 0 Å².